The average Bonchev–Trinajstić information content (AvgIpc) is 3.26. The van der Waals surface area contributed by atoms with E-state index in [4.69, 9.17) is 9.47 Å². The minimum absolute atomic E-state index is 0.00632. The number of ether oxygens (including phenoxy) is 2. The van der Waals surface area contributed by atoms with Gasteiger partial charge in [0, 0.05) is 6.61 Å². The van der Waals surface area contributed by atoms with E-state index in [1.165, 1.54) is 0 Å². The van der Waals surface area contributed by atoms with Gasteiger partial charge in [-0.15, -0.1) is 4.68 Å². The molecule has 0 radical (unpaired) electrons. The molecule has 1 N–H and O–H groups in total. The highest BCUT2D eigenvalue weighted by molar-refractivity contribution is 7.92. The summed E-state index contributed by atoms with van der Waals surface area (Å²) in [6.45, 7) is 1.98. The quantitative estimate of drug-likeness (QED) is 0.571. The maximum atomic E-state index is 13.7. The number of fused-ring (bicyclic) bond motifs is 1. The average molecular weight is 507 g/mol. The fourth-order valence-corrected chi connectivity index (χ4v) is 4.47. The molecule has 0 spiro atoms. The largest absolute Gasteiger partial charge is 0.447 e. The Balaban J connectivity index is 2.20. The van der Waals surface area contributed by atoms with Crippen molar-refractivity contribution in [2.75, 3.05) is 23.9 Å². The number of benzene rings is 1. The van der Waals surface area contributed by atoms with Crippen LogP contribution in [-0.2, 0) is 25.7 Å². The number of hydrogen-bond donors (Lipinski definition) is 1. The summed E-state index contributed by atoms with van der Waals surface area (Å²) in [5, 5.41) is -0.425. The van der Waals surface area contributed by atoms with E-state index in [0.29, 0.717) is 31.6 Å². The lowest BCUT2D eigenvalue weighted by atomic mass is 9.97. The number of H-pyrrole nitrogens is 1. The molecule has 1 aliphatic heterocycles. The van der Waals surface area contributed by atoms with Crippen LogP contribution >= 0.6 is 0 Å². The minimum atomic E-state index is -4.80. The van der Waals surface area contributed by atoms with Crippen molar-refractivity contribution in [3.63, 3.8) is 0 Å². The lowest BCUT2D eigenvalue weighted by molar-refractivity contribution is -0.139. The Morgan fingerprint density at radius 2 is 2.00 bits per heavy atom. The number of aromatic nitrogens is 2. The van der Waals surface area contributed by atoms with Gasteiger partial charge >= 0.3 is 18.0 Å². The van der Waals surface area contributed by atoms with Crippen molar-refractivity contribution in [1.82, 2.24) is 9.66 Å². The van der Waals surface area contributed by atoms with Gasteiger partial charge in [-0.3, -0.25) is 4.79 Å². The molecule has 1 unspecified atom stereocenters. The summed E-state index contributed by atoms with van der Waals surface area (Å²) < 4.78 is 75.8. The number of sulfonamides is 1. The van der Waals surface area contributed by atoms with Crippen LogP contribution in [0.15, 0.2) is 21.7 Å². The van der Waals surface area contributed by atoms with Crippen LogP contribution in [0.1, 0.15) is 56.3 Å². The molecule has 34 heavy (non-hydrogen) atoms. The van der Waals surface area contributed by atoms with Crippen LogP contribution in [0.3, 0.4) is 0 Å². The summed E-state index contributed by atoms with van der Waals surface area (Å²) in [7, 11) is -4.53. The van der Waals surface area contributed by atoms with Crippen LogP contribution in [0.4, 0.5) is 18.0 Å². The Morgan fingerprint density at radius 1 is 1.29 bits per heavy atom. The number of unbranched alkanes of at least 4 members (excludes halogenated alkanes) is 2. The van der Waals surface area contributed by atoms with Crippen molar-refractivity contribution in [3.05, 3.63) is 44.1 Å². The van der Waals surface area contributed by atoms with E-state index < -0.39 is 56.1 Å². The molecule has 1 aliphatic rings. The van der Waals surface area contributed by atoms with Crippen molar-refractivity contribution in [3.8, 4) is 0 Å². The van der Waals surface area contributed by atoms with Gasteiger partial charge in [-0.2, -0.15) is 13.2 Å². The summed E-state index contributed by atoms with van der Waals surface area (Å²) in [4.78, 5) is 40.3. The smallest absolute Gasteiger partial charge is 0.444 e. The number of nitrogens with zero attached hydrogens (tertiary/aromatic N) is 2. The number of alkyl halides is 3. The van der Waals surface area contributed by atoms with E-state index in [0.717, 1.165) is 12.5 Å². The van der Waals surface area contributed by atoms with E-state index in [-0.39, 0.29) is 34.3 Å². The number of aromatic amines is 1. The van der Waals surface area contributed by atoms with E-state index in [1.807, 2.05) is 6.92 Å². The molecule has 2 aromatic rings. The first-order valence-electron chi connectivity index (χ1n) is 10.6. The highest BCUT2D eigenvalue weighted by atomic mass is 32.2. The molecule has 0 saturated carbocycles. The number of amides is 1. The zero-order valence-corrected chi connectivity index (χ0v) is 19.3. The van der Waals surface area contributed by atoms with Crippen LogP contribution in [-0.4, -0.2) is 43.6 Å². The molecular formula is C20H24F3N3O7S. The number of carbonyl (C=O) groups excluding carboxylic acids is 1. The summed E-state index contributed by atoms with van der Waals surface area (Å²) in [6.07, 6.45) is -3.93. The highest BCUT2D eigenvalue weighted by Gasteiger charge is 2.38. The van der Waals surface area contributed by atoms with Gasteiger partial charge in [0.15, 0.2) is 0 Å². The first kappa shape index (κ1) is 25.7. The Hall–Kier alpha value is -2.87. The Kier molecular flexibility index (Phi) is 7.41. The van der Waals surface area contributed by atoms with Gasteiger partial charge in [-0.05, 0) is 37.0 Å². The predicted molar refractivity (Wildman–Crippen MR) is 116 cm³/mol. The van der Waals surface area contributed by atoms with E-state index >= 15 is 0 Å². The number of carbonyl (C=O) groups is 1. The lowest BCUT2D eigenvalue weighted by Gasteiger charge is -2.22. The molecule has 1 amide bonds. The van der Waals surface area contributed by atoms with Crippen LogP contribution < -0.4 is 15.7 Å². The summed E-state index contributed by atoms with van der Waals surface area (Å²) in [6, 6.07) is 1.52. The molecule has 10 nitrogen and oxygen atoms in total. The van der Waals surface area contributed by atoms with Gasteiger partial charge in [0.05, 0.1) is 35.4 Å². The highest BCUT2D eigenvalue weighted by Crippen LogP contribution is 2.40. The summed E-state index contributed by atoms with van der Waals surface area (Å²) >= 11 is 0. The SMILES string of the molecule is CCCCCOC(=O)N(n1c(=O)[nH]c2cc(C(F)(F)F)c(C3CCCO3)cc2c1=O)S(C)(=O)=O. The molecule has 188 valence electrons. The van der Waals surface area contributed by atoms with Crippen molar-refractivity contribution in [1.29, 1.82) is 0 Å². The van der Waals surface area contributed by atoms with Gasteiger partial charge < -0.3 is 14.5 Å². The number of nitrogens with one attached hydrogen (secondary N) is 1. The van der Waals surface area contributed by atoms with Crippen molar-refractivity contribution in [2.24, 2.45) is 0 Å². The maximum absolute atomic E-state index is 13.7. The third-order valence-electron chi connectivity index (χ3n) is 5.25. The Bertz CT molecular complexity index is 1300. The molecule has 3 rings (SSSR count). The predicted octanol–water partition coefficient (Wildman–Crippen LogP) is 2.78. The third-order valence-corrected chi connectivity index (χ3v) is 6.19. The molecule has 2 heterocycles. The van der Waals surface area contributed by atoms with Gasteiger partial charge in [-0.1, -0.05) is 24.2 Å². The van der Waals surface area contributed by atoms with Crippen molar-refractivity contribution in [2.45, 2.75) is 51.3 Å². The Labute approximate surface area is 192 Å². The molecule has 1 aromatic carbocycles. The summed E-state index contributed by atoms with van der Waals surface area (Å²) in [5.41, 5.74) is -4.60. The van der Waals surface area contributed by atoms with Crippen LogP contribution in [0.5, 0.6) is 0 Å². The molecule has 1 saturated heterocycles. The van der Waals surface area contributed by atoms with Crippen LogP contribution in [0, 0.1) is 0 Å². The number of halogens is 3. The second kappa shape index (κ2) is 9.78. The normalized spacial score (nSPS) is 16.7. The third kappa shape index (κ3) is 5.27. The standard InChI is InChI=1S/C20H24F3N3O7S/c1-3-4-5-8-33-19(29)26(34(2,30)31)25-17(27)13-10-12(16-7-6-9-32-16)14(20(21,22)23)11-15(13)24-18(25)28/h10-11,16H,3-9H2,1-2H3,(H,24,28). The first-order valence-corrected chi connectivity index (χ1v) is 12.4. The molecule has 1 atom stereocenters. The second-order valence-corrected chi connectivity index (χ2v) is 9.67. The topological polar surface area (TPSA) is 128 Å². The zero-order chi connectivity index (χ0) is 25.3. The monoisotopic (exact) mass is 507 g/mol. The number of rotatable bonds is 7. The van der Waals surface area contributed by atoms with Gasteiger partial charge in [0.25, 0.3) is 15.6 Å². The van der Waals surface area contributed by atoms with Gasteiger partial charge in [0.2, 0.25) is 0 Å². The molecule has 14 heteroatoms. The lowest BCUT2D eigenvalue weighted by Crippen LogP contribution is -2.56. The second-order valence-electron chi connectivity index (χ2n) is 7.86. The van der Waals surface area contributed by atoms with Crippen LogP contribution in [0.25, 0.3) is 10.9 Å². The fourth-order valence-electron chi connectivity index (χ4n) is 3.70. The molecule has 0 bridgehead atoms. The molecule has 1 fully saturated rings. The molecule has 1 aromatic heterocycles. The van der Waals surface area contributed by atoms with Gasteiger partial charge in [0.1, 0.15) is 0 Å². The first-order chi connectivity index (χ1) is 15.9. The Morgan fingerprint density at radius 3 is 2.56 bits per heavy atom. The summed E-state index contributed by atoms with van der Waals surface area (Å²) in [5.74, 6) is 0. The van der Waals surface area contributed by atoms with Gasteiger partial charge in [-0.25, -0.2) is 18.0 Å². The number of hydrogen-bond acceptors (Lipinski definition) is 7. The van der Waals surface area contributed by atoms with E-state index in [1.54, 1.807) is 0 Å². The van der Waals surface area contributed by atoms with Crippen molar-refractivity contribution < 1.29 is 35.9 Å². The van der Waals surface area contributed by atoms with Crippen molar-refractivity contribution >= 4 is 27.0 Å². The minimum Gasteiger partial charge on any atom is -0.447 e. The molecular weight excluding hydrogens is 483 g/mol. The van der Waals surface area contributed by atoms with E-state index in [2.05, 4.69) is 4.98 Å². The van der Waals surface area contributed by atoms with Crippen LogP contribution in [0.2, 0.25) is 0 Å². The van der Waals surface area contributed by atoms with E-state index in [9.17, 15) is 36.0 Å². The maximum Gasteiger partial charge on any atom is 0.444 e. The fraction of sp³-hybridized carbons (Fsp3) is 0.550. The zero-order valence-electron chi connectivity index (χ0n) is 18.5. The molecule has 0 aliphatic carbocycles.